The highest BCUT2D eigenvalue weighted by atomic mass is 32.2. The van der Waals surface area contributed by atoms with E-state index in [-0.39, 0.29) is 11.7 Å². The summed E-state index contributed by atoms with van der Waals surface area (Å²) >= 11 is 0. The van der Waals surface area contributed by atoms with Crippen LogP contribution in [0.3, 0.4) is 0 Å². The Bertz CT molecular complexity index is 876. The van der Waals surface area contributed by atoms with Crippen LogP contribution in [-0.4, -0.2) is 68.9 Å². The number of hydrogen-bond acceptors (Lipinski definition) is 5. The molecule has 0 unspecified atom stereocenters. The average molecular weight is 388 g/mol. The van der Waals surface area contributed by atoms with Gasteiger partial charge in [-0.15, -0.1) is 0 Å². The number of carbonyl (C=O) groups excluding carboxylic acids is 1. The molecule has 0 saturated carbocycles. The van der Waals surface area contributed by atoms with Crippen molar-refractivity contribution in [1.82, 2.24) is 9.80 Å². The molecule has 2 aromatic carbocycles. The standard InChI is InChI=1S/C20H24N2O4S/c1-27(24,25)15-14-21-10-12-22(13-11-21)20(23)17-6-5-9-19(16-17)26-18-7-3-2-4-8-18/h2-9,16H,10-15H2,1H3. The maximum absolute atomic E-state index is 12.8. The van der Waals surface area contributed by atoms with Gasteiger partial charge in [0.05, 0.1) is 5.75 Å². The molecule has 6 nitrogen and oxygen atoms in total. The van der Waals surface area contributed by atoms with E-state index in [0.29, 0.717) is 44.0 Å². The number of ether oxygens (including phenoxy) is 1. The molecule has 2 aromatic rings. The van der Waals surface area contributed by atoms with Crippen molar-refractivity contribution < 1.29 is 17.9 Å². The number of amides is 1. The van der Waals surface area contributed by atoms with Crippen LogP contribution in [0.15, 0.2) is 54.6 Å². The average Bonchev–Trinajstić information content (AvgIpc) is 2.67. The van der Waals surface area contributed by atoms with Gasteiger partial charge in [-0.05, 0) is 30.3 Å². The van der Waals surface area contributed by atoms with Crippen molar-refractivity contribution in [2.45, 2.75) is 0 Å². The maximum Gasteiger partial charge on any atom is 0.254 e. The van der Waals surface area contributed by atoms with Crippen LogP contribution in [0, 0.1) is 0 Å². The van der Waals surface area contributed by atoms with E-state index in [4.69, 9.17) is 4.74 Å². The lowest BCUT2D eigenvalue weighted by Crippen LogP contribution is -2.49. The molecule has 0 spiro atoms. The van der Waals surface area contributed by atoms with Gasteiger partial charge in [-0.1, -0.05) is 24.3 Å². The molecular weight excluding hydrogens is 364 g/mol. The lowest BCUT2D eigenvalue weighted by Gasteiger charge is -2.34. The van der Waals surface area contributed by atoms with Gasteiger partial charge in [0.25, 0.3) is 5.91 Å². The van der Waals surface area contributed by atoms with Gasteiger partial charge in [0.15, 0.2) is 0 Å². The number of hydrogen-bond donors (Lipinski definition) is 0. The fraction of sp³-hybridized carbons (Fsp3) is 0.350. The highest BCUT2D eigenvalue weighted by molar-refractivity contribution is 7.90. The molecule has 144 valence electrons. The summed E-state index contributed by atoms with van der Waals surface area (Å²) in [5, 5.41) is 0. The number of carbonyl (C=O) groups is 1. The maximum atomic E-state index is 12.8. The molecule has 1 aliphatic heterocycles. The SMILES string of the molecule is CS(=O)(=O)CCN1CCN(C(=O)c2cccc(Oc3ccccc3)c2)CC1. The molecule has 0 atom stereocenters. The number of nitrogens with zero attached hydrogens (tertiary/aromatic N) is 2. The Kier molecular flexibility index (Phi) is 6.13. The van der Waals surface area contributed by atoms with E-state index in [0.717, 1.165) is 5.75 Å². The second-order valence-electron chi connectivity index (χ2n) is 6.71. The summed E-state index contributed by atoms with van der Waals surface area (Å²) in [7, 11) is -2.96. The van der Waals surface area contributed by atoms with E-state index < -0.39 is 9.84 Å². The number of piperazine rings is 1. The molecule has 3 rings (SSSR count). The van der Waals surface area contributed by atoms with E-state index in [1.165, 1.54) is 6.26 Å². The molecular formula is C20H24N2O4S. The van der Waals surface area contributed by atoms with Crippen LogP contribution < -0.4 is 4.74 Å². The van der Waals surface area contributed by atoms with Crippen LogP contribution in [0.25, 0.3) is 0 Å². The van der Waals surface area contributed by atoms with Gasteiger partial charge in [-0.3, -0.25) is 9.69 Å². The van der Waals surface area contributed by atoms with Crippen molar-refractivity contribution in [3.63, 3.8) is 0 Å². The first-order chi connectivity index (χ1) is 12.9. The van der Waals surface area contributed by atoms with Gasteiger partial charge in [0.2, 0.25) is 0 Å². The Morgan fingerprint density at radius 1 is 0.963 bits per heavy atom. The van der Waals surface area contributed by atoms with Crippen LogP contribution in [0.4, 0.5) is 0 Å². The molecule has 27 heavy (non-hydrogen) atoms. The fourth-order valence-corrected chi connectivity index (χ4v) is 3.56. The summed E-state index contributed by atoms with van der Waals surface area (Å²) in [4.78, 5) is 16.7. The summed E-state index contributed by atoms with van der Waals surface area (Å²) in [5.41, 5.74) is 0.591. The predicted molar refractivity (Wildman–Crippen MR) is 105 cm³/mol. The zero-order chi connectivity index (χ0) is 19.3. The minimum absolute atomic E-state index is 0.0312. The molecule has 0 aromatic heterocycles. The molecule has 0 N–H and O–H groups in total. The van der Waals surface area contributed by atoms with E-state index in [2.05, 4.69) is 4.90 Å². The Labute approximate surface area is 160 Å². The zero-order valence-corrected chi connectivity index (χ0v) is 16.2. The molecule has 0 radical (unpaired) electrons. The highest BCUT2D eigenvalue weighted by Gasteiger charge is 2.22. The number of rotatable bonds is 6. The predicted octanol–water partition coefficient (Wildman–Crippen LogP) is 2.28. The van der Waals surface area contributed by atoms with Crippen molar-refractivity contribution in [2.24, 2.45) is 0 Å². The first-order valence-electron chi connectivity index (χ1n) is 8.93. The molecule has 1 amide bonds. The smallest absolute Gasteiger partial charge is 0.254 e. The third kappa shape index (κ3) is 5.80. The van der Waals surface area contributed by atoms with Gasteiger partial charge in [0.1, 0.15) is 21.3 Å². The summed E-state index contributed by atoms with van der Waals surface area (Å²) in [5.74, 6) is 1.47. The zero-order valence-electron chi connectivity index (χ0n) is 15.4. The van der Waals surface area contributed by atoms with Gasteiger partial charge in [-0.2, -0.15) is 0 Å². The van der Waals surface area contributed by atoms with Crippen LogP contribution in [0.1, 0.15) is 10.4 Å². The van der Waals surface area contributed by atoms with E-state index in [1.54, 1.807) is 17.0 Å². The Hall–Kier alpha value is -2.38. The van der Waals surface area contributed by atoms with Gasteiger partial charge in [-0.25, -0.2) is 8.42 Å². The van der Waals surface area contributed by atoms with Crippen LogP contribution in [-0.2, 0) is 9.84 Å². The molecule has 0 aliphatic carbocycles. The molecule has 1 saturated heterocycles. The normalized spacial score (nSPS) is 15.5. The summed E-state index contributed by atoms with van der Waals surface area (Å²) < 4.78 is 28.4. The van der Waals surface area contributed by atoms with Crippen molar-refractivity contribution >= 4 is 15.7 Å². The lowest BCUT2D eigenvalue weighted by molar-refractivity contribution is 0.0643. The molecule has 7 heteroatoms. The van der Waals surface area contributed by atoms with Crippen molar-refractivity contribution in [2.75, 3.05) is 44.7 Å². The monoisotopic (exact) mass is 388 g/mol. The topological polar surface area (TPSA) is 66.9 Å². The molecule has 1 aliphatic rings. The largest absolute Gasteiger partial charge is 0.457 e. The molecule has 1 heterocycles. The second-order valence-corrected chi connectivity index (χ2v) is 8.97. The van der Waals surface area contributed by atoms with Gasteiger partial charge in [0, 0.05) is 44.5 Å². The summed E-state index contributed by atoms with van der Waals surface area (Å²) in [6.07, 6.45) is 1.25. The molecule has 1 fully saturated rings. The number of para-hydroxylation sites is 1. The quantitative estimate of drug-likeness (QED) is 0.760. The third-order valence-corrected chi connectivity index (χ3v) is 5.42. The van der Waals surface area contributed by atoms with Crippen LogP contribution in [0.5, 0.6) is 11.5 Å². The van der Waals surface area contributed by atoms with Crippen molar-refractivity contribution in [1.29, 1.82) is 0 Å². The number of benzene rings is 2. The summed E-state index contributed by atoms with van der Waals surface area (Å²) in [6.45, 7) is 3.06. The van der Waals surface area contributed by atoms with E-state index in [9.17, 15) is 13.2 Å². The first kappa shape index (κ1) is 19.4. The first-order valence-corrected chi connectivity index (χ1v) is 11.0. The summed E-state index contributed by atoms with van der Waals surface area (Å²) in [6, 6.07) is 16.6. The third-order valence-electron chi connectivity index (χ3n) is 4.50. The second kappa shape index (κ2) is 8.54. The fourth-order valence-electron chi connectivity index (χ4n) is 2.97. The number of sulfone groups is 1. The van der Waals surface area contributed by atoms with Gasteiger partial charge >= 0.3 is 0 Å². The van der Waals surface area contributed by atoms with Crippen LogP contribution >= 0.6 is 0 Å². The minimum Gasteiger partial charge on any atom is -0.457 e. The highest BCUT2D eigenvalue weighted by Crippen LogP contribution is 2.22. The van der Waals surface area contributed by atoms with Crippen molar-refractivity contribution in [3.05, 3.63) is 60.2 Å². The lowest BCUT2D eigenvalue weighted by atomic mass is 10.1. The Morgan fingerprint density at radius 2 is 1.63 bits per heavy atom. The minimum atomic E-state index is -2.96. The Morgan fingerprint density at radius 3 is 2.30 bits per heavy atom. The van der Waals surface area contributed by atoms with E-state index in [1.807, 2.05) is 42.5 Å². The van der Waals surface area contributed by atoms with Crippen LogP contribution in [0.2, 0.25) is 0 Å². The Balaban J connectivity index is 1.58. The van der Waals surface area contributed by atoms with Crippen molar-refractivity contribution in [3.8, 4) is 11.5 Å². The molecule has 0 bridgehead atoms. The van der Waals surface area contributed by atoms with Gasteiger partial charge < -0.3 is 9.64 Å². The van der Waals surface area contributed by atoms with E-state index >= 15 is 0 Å².